The second-order valence-corrected chi connectivity index (χ2v) is 4.97. The first-order valence-electron chi connectivity index (χ1n) is 5.34. The maximum absolute atomic E-state index is 13.6. The van der Waals surface area contributed by atoms with Gasteiger partial charge in [-0.05, 0) is 30.9 Å². The number of nitrogen functional groups attached to an aromatic ring is 1. The fourth-order valence-corrected chi connectivity index (χ4v) is 2.91. The largest absolute Gasteiger partial charge is 0.398 e. The predicted octanol–water partition coefficient (Wildman–Crippen LogP) is 3.75. The van der Waals surface area contributed by atoms with Gasteiger partial charge in [-0.1, -0.05) is 23.2 Å². The number of hydrogen-bond acceptors (Lipinski definition) is 2. The van der Waals surface area contributed by atoms with Crippen molar-refractivity contribution in [2.45, 2.75) is 19.3 Å². The lowest BCUT2D eigenvalue weighted by molar-refractivity contribution is 0.630. The summed E-state index contributed by atoms with van der Waals surface area (Å²) in [6, 6.07) is 1.48. The molecule has 0 amide bonds. The Labute approximate surface area is 108 Å². The number of pyridine rings is 1. The molecule has 3 rings (SSSR count). The molecule has 2 N–H and O–H groups in total. The molecule has 0 unspecified atom stereocenters. The Kier molecular flexibility index (Phi) is 2.42. The van der Waals surface area contributed by atoms with E-state index in [0.29, 0.717) is 16.6 Å². The van der Waals surface area contributed by atoms with E-state index in [1.54, 1.807) is 0 Å². The van der Waals surface area contributed by atoms with Crippen molar-refractivity contribution in [2.75, 3.05) is 5.73 Å². The molecule has 5 heteroatoms. The lowest BCUT2D eigenvalue weighted by atomic mass is 10.1. The lowest BCUT2D eigenvalue weighted by Gasteiger charge is -2.10. The van der Waals surface area contributed by atoms with Gasteiger partial charge < -0.3 is 5.73 Å². The van der Waals surface area contributed by atoms with Gasteiger partial charge in [0.05, 0.1) is 15.6 Å². The first kappa shape index (κ1) is 11.1. The van der Waals surface area contributed by atoms with Crippen LogP contribution in [0.1, 0.15) is 17.7 Å². The smallest absolute Gasteiger partial charge is 0.161 e. The Bertz CT molecular complexity index is 640. The highest BCUT2D eigenvalue weighted by atomic mass is 35.5. The molecule has 0 spiro atoms. The maximum atomic E-state index is 13.6. The highest BCUT2D eigenvalue weighted by Crippen LogP contribution is 2.38. The molecule has 2 nitrogen and oxygen atoms in total. The second kappa shape index (κ2) is 3.72. The number of aromatic nitrogens is 1. The van der Waals surface area contributed by atoms with Crippen molar-refractivity contribution in [2.24, 2.45) is 0 Å². The highest BCUT2D eigenvalue weighted by molar-refractivity contribution is 6.39. The van der Waals surface area contributed by atoms with Crippen molar-refractivity contribution < 1.29 is 4.39 Å². The molecule has 1 aliphatic carbocycles. The van der Waals surface area contributed by atoms with Crippen LogP contribution < -0.4 is 5.73 Å². The van der Waals surface area contributed by atoms with E-state index in [0.717, 1.165) is 30.5 Å². The Morgan fingerprint density at radius 2 is 2.06 bits per heavy atom. The molecule has 0 aliphatic heterocycles. The fraction of sp³-hybridized carbons (Fsp3) is 0.250. The summed E-state index contributed by atoms with van der Waals surface area (Å²) in [5.41, 5.74) is 9.15. The summed E-state index contributed by atoms with van der Waals surface area (Å²) in [6.07, 6.45) is 2.81. The van der Waals surface area contributed by atoms with Gasteiger partial charge in [-0.2, -0.15) is 0 Å². The number of benzene rings is 1. The van der Waals surface area contributed by atoms with Crippen LogP contribution in [0.25, 0.3) is 10.9 Å². The fourth-order valence-electron chi connectivity index (χ4n) is 2.36. The summed E-state index contributed by atoms with van der Waals surface area (Å²) in [7, 11) is 0. The standard InChI is InChI=1S/C12H9Cl2FN2/c13-6-4-8-9(10(14)11(6)15)12(16)5-2-1-3-7(5)17-8/h4H,1-3H2,(H2,16,17). The maximum Gasteiger partial charge on any atom is 0.161 e. The molecule has 88 valence electrons. The number of anilines is 1. The van der Waals surface area contributed by atoms with Crippen LogP contribution in [0.3, 0.4) is 0 Å². The quantitative estimate of drug-likeness (QED) is 0.741. The van der Waals surface area contributed by atoms with Crippen LogP contribution in [0.4, 0.5) is 10.1 Å². The first-order valence-corrected chi connectivity index (χ1v) is 6.09. The summed E-state index contributed by atoms with van der Waals surface area (Å²) in [4.78, 5) is 4.46. The van der Waals surface area contributed by atoms with Crippen LogP contribution in [0.5, 0.6) is 0 Å². The number of aryl methyl sites for hydroxylation is 1. The average Bonchev–Trinajstić information content (AvgIpc) is 2.74. The van der Waals surface area contributed by atoms with E-state index < -0.39 is 5.82 Å². The molecule has 0 bridgehead atoms. The zero-order valence-electron chi connectivity index (χ0n) is 8.86. The van der Waals surface area contributed by atoms with E-state index in [9.17, 15) is 4.39 Å². The first-order chi connectivity index (χ1) is 8.09. The molecule has 1 aromatic heterocycles. The van der Waals surface area contributed by atoms with Crippen LogP contribution in [0, 0.1) is 5.82 Å². The van der Waals surface area contributed by atoms with E-state index in [4.69, 9.17) is 28.9 Å². The zero-order chi connectivity index (χ0) is 12.2. The van der Waals surface area contributed by atoms with E-state index in [1.165, 1.54) is 6.07 Å². The molecule has 17 heavy (non-hydrogen) atoms. The van der Waals surface area contributed by atoms with Crippen LogP contribution in [0.15, 0.2) is 6.07 Å². The van der Waals surface area contributed by atoms with Crippen LogP contribution in [-0.4, -0.2) is 4.98 Å². The molecule has 0 saturated heterocycles. The Hall–Kier alpha value is -1.06. The highest BCUT2D eigenvalue weighted by Gasteiger charge is 2.21. The van der Waals surface area contributed by atoms with Crippen molar-refractivity contribution in [3.63, 3.8) is 0 Å². The van der Waals surface area contributed by atoms with Gasteiger partial charge in [0.2, 0.25) is 0 Å². The minimum absolute atomic E-state index is 0.0210. The number of nitrogens with zero attached hydrogens (tertiary/aromatic N) is 1. The number of nitrogens with two attached hydrogens (primary N) is 1. The third-order valence-corrected chi connectivity index (χ3v) is 3.81. The monoisotopic (exact) mass is 270 g/mol. The molecule has 1 aliphatic rings. The lowest BCUT2D eigenvalue weighted by Crippen LogP contribution is -2.00. The molecule has 1 heterocycles. The third kappa shape index (κ3) is 1.49. The number of fused-ring (bicyclic) bond motifs is 2. The molecule has 0 radical (unpaired) electrons. The topological polar surface area (TPSA) is 38.9 Å². The van der Waals surface area contributed by atoms with Crippen LogP contribution in [0.2, 0.25) is 10.0 Å². The van der Waals surface area contributed by atoms with Crippen molar-refractivity contribution in [3.05, 3.63) is 33.2 Å². The molecule has 1 aromatic carbocycles. The second-order valence-electron chi connectivity index (χ2n) is 4.18. The van der Waals surface area contributed by atoms with Gasteiger partial charge in [-0.25, -0.2) is 4.39 Å². The van der Waals surface area contributed by atoms with Crippen LogP contribution in [-0.2, 0) is 12.8 Å². The van der Waals surface area contributed by atoms with Crippen LogP contribution >= 0.6 is 23.2 Å². The van der Waals surface area contributed by atoms with Crippen molar-refractivity contribution in [1.82, 2.24) is 4.98 Å². The predicted molar refractivity (Wildman–Crippen MR) is 68.2 cm³/mol. The number of halogens is 3. The number of rotatable bonds is 0. The van der Waals surface area contributed by atoms with E-state index in [2.05, 4.69) is 4.98 Å². The van der Waals surface area contributed by atoms with E-state index in [1.807, 2.05) is 0 Å². The SMILES string of the molecule is Nc1c2c(nc3cc(Cl)c(F)c(Cl)c13)CCC2. The molecular weight excluding hydrogens is 262 g/mol. The van der Waals surface area contributed by atoms with Gasteiger partial charge in [0.25, 0.3) is 0 Å². The zero-order valence-corrected chi connectivity index (χ0v) is 10.4. The normalized spacial score (nSPS) is 14.3. The van der Waals surface area contributed by atoms with Gasteiger partial charge >= 0.3 is 0 Å². The molecule has 2 aromatic rings. The van der Waals surface area contributed by atoms with Gasteiger partial charge in [0.15, 0.2) is 5.82 Å². The number of hydrogen-bond donors (Lipinski definition) is 1. The van der Waals surface area contributed by atoms with Gasteiger partial charge in [0.1, 0.15) is 0 Å². The Balaban J connectivity index is 2.48. The molecule has 0 atom stereocenters. The third-order valence-electron chi connectivity index (χ3n) is 3.18. The molecule has 0 fully saturated rings. The molecular formula is C12H9Cl2FN2. The minimum Gasteiger partial charge on any atom is -0.398 e. The summed E-state index contributed by atoms with van der Waals surface area (Å²) < 4.78 is 13.6. The summed E-state index contributed by atoms with van der Waals surface area (Å²) in [6.45, 7) is 0. The van der Waals surface area contributed by atoms with Crippen molar-refractivity contribution in [1.29, 1.82) is 0 Å². The summed E-state index contributed by atoms with van der Waals surface area (Å²) >= 11 is 11.7. The Morgan fingerprint density at radius 1 is 1.29 bits per heavy atom. The van der Waals surface area contributed by atoms with Gasteiger partial charge in [-0.3, -0.25) is 4.98 Å². The van der Waals surface area contributed by atoms with Crippen molar-refractivity contribution in [3.8, 4) is 0 Å². The van der Waals surface area contributed by atoms with Gasteiger partial charge in [-0.15, -0.1) is 0 Å². The van der Waals surface area contributed by atoms with Crippen molar-refractivity contribution >= 4 is 39.8 Å². The van der Waals surface area contributed by atoms with E-state index in [-0.39, 0.29) is 10.0 Å². The van der Waals surface area contributed by atoms with E-state index >= 15 is 0 Å². The summed E-state index contributed by atoms with van der Waals surface area (Å²) in [5.74, 6) is -0.632. The van der Waals surface area contributed by atoms with Gasteiger partial charge in [0, 0.05) is 16.8 Å². The minimum atomic E-state index is -0.632. The average molecular weight is 271 g/mol. The Morgan fingerprint density at radius 3 is 2.82 bits per heavy atom. The summed E-state index contributed by atoms with van der Waals surface area (Å²) in [5, 5.41) is 0.425. The molecule has 0 saturated carbocycles.